The quantitative estimate of drug-likeness (QED) is 0.0697. The summed E-state index contributed by atoms with van der Waals surface area (Å²) in [5.41, 5.74) is 17.4. The van der Waals surface area contributed by atoms with Gasteiger partial charge in [0, 0.05) is 39.8 Å². The Morgan fingerprint density at radius 2 is 0.829 bits per heavy atom. The number of hydrogen-bond donors (Lipinski definition) is 2. The van der Waals surface area contributed by atoms with E-state index in [0.29, 0.717) is 43.1 Å². The average Bonchev–Trinajstić information content (AvgIpc) is 4.14. The molecule has 76 heavy (non-hydrogen) atoms. The van der Waals surface area contributed by atoms with E-state index in [1.165, 1.54) is 0 Å². The fourth-order valence-electron chi connectivity index (χ4n) is 10.1. The van der Waals surface area contributed by atoms with E-state index in [4.69, 9.17) is 28.9 Å². The zero-order valence-electron chi connectivity index (χ0n) is 49.6. The van der Waals surface area contributed by atoms with Gasteiger partial charge in [-0.15, -0.1) is 5.54 Å². The lowest BCUT2D eigenvalue weighted by Gasteiger charge is -2.38. The minimum atomic E-state index is -2.20. The first-order chi connectivity index (χ1) is 35.6. The SMILES string of the molecule is CC(C)[Si](C#Cc1c2nc(c(-c3cc(OCCC(C)(C)C)cc(OCCC(C)(C)C)c3)c3ccc(cc4nc(c(-c5cc(OCCC(C)(C)C)cc(OCCC(C)(C)C)c5)c5ccc1[nH]5)C=C4)[nH]3)C=C2)(C(C)C)C(C)C. The van der Waals surface area contributed by atoms with Crippen LogP contribution in [0.1, 0.15) is 179 Å². The van der Waals surface area contributed by atoms with Crippen molar-refractivity contribution in [2.45, 2.75) is 167 Å². The zero-order valence-corrected chi connectivity index (χ0v) is 50.6. The van der Waals surface area contributed by atoms with Gasteiger partial charge in [-0.25, -0.2) is 9.97 Å². The summed E-state index contributed by atoms with van der Waals surface area (Å²) < 4.78 is 26.3. The van der Waals surface area contributed by atoms with E-state index in [-0.39, 0.29) is 21.7 Å². The third kappa shape index (κ3) is 15.1. The van der Waals surface area contributed by atoms with Gasteiger partial charge in [0.2, 0.25) is 0 Å². The predicted octanol–water partition coefficient (Wildman–Crippen LogP) is 18.8. The highest BCUT2D eigenvalue weighted by atomic mass is 28.3. The Morgan fingerprint density at radius 1 is 0.447 bits per heavy atom. The molecule has 8 nitrogen and oxygen atoms in total. The van der Waals surface area contributed by atoms with E-state index >= 15 is 0 Å². The highest BCUT2D eigenvalue weighted by molar-refractivity contribution is 6.90. The van der Waals surface area contributed by atoms with Crippen molar-refractivity contribution in [3.63, 3.8) is 0 Å². The Labute approximate surface area is 458 Å². The summed E-state index contributed by atoms with van der Waals surface area (Å²) in [6, 6.07) is 23.3. The number of benzene rings is 2. The first kappa shape index (κ1) is 57.7. The van der Waals surface area contributed by atoms with Gasteiger partial charge in [0.25, 0.3) is 0 Å². The molecule has 2 aromatic carbocycles. The third-order valence-electron chi connectivity index (χ3n) is 14.7. The molecular weight excluding hydrogens is 953 g/mol. The number of rotatable bonds is 17. The number of nitrogens with zero attached hydrogens (tertiary/aromatic N) is 2. The summed E-state index contributed by atoms with van der Waals surface area (Å²) in [6.07, 6.45) is 12.1. The van der Waals surface area contributed by atoms with Gasteiger partial charge in [0.15, 0.2) is 0 Å². The molecule has 0 amide bonds. The maximum Gasteiger partial charge on any atom is 0.146 e. The molecule has 2 aliphatic rings. The van der Waals surface area contributed by atoms with Crippen LogP contribution in [0.2, 0.25) is 16.6 Å². The van der Waals surface area contributed by atoms with Crippen molar-refractivity contribution in [3.8, 4) is 56.7 Å². The molecule has 5 heterocycles. The molecule has 8 bridgehead atoms. The minimum absolute atomic E-state index is 0.125. The number of aromatic amines is 2. The maximum absolute atomic E-state index is 6.57. The Hall–Kier alpha value is -5.98. The molecule has 3 aromatic heterocycles. The standard InChI is InChI=1S/C67H90N4O4Si/c1-44(2)76(45(3)4,46(5)6)36-27-55-56-23-25-60(70-56)62(47-37-51(72-32-28-64(7,8)9)42-52(38-47)73-33-29-65(10,11)12)58-21-19-49(68-58)41-50-20-22-59(69-50)63(61-26-24-57(55)71-61)48-39-53(74-34-30-66(13,14)15)43-54(40-48)75-35-31-67(16,17)18/h19-26,37-46,68,71H,28-35H2,1-18H3. The van der Waals surface area contributed by atoms with E-state index < -0.39 is 8.07 Å². The summed E-state index contributed by atoms with van der Waals surface area (Å²) >= 11 is 0. The molecule has 2 aliphatic heterocycles. The Bertz CT molecular complexity index is 2960. The van der Waals surface area contributed by atoms with Crippen molar-refractivity contribution in [1.29, 1.82) is 0 Å². The smallest absolute Gasteiger partial charge is 0.146 e. The number of aromatic nitrogens is 4. The molecule has 0 radical (unpaired) electrons. The first-order valence-electron chi connectivity index (χ1n) is 28.0. The summed E-state index contributed by atoms with van der Waals surface area (Å²) in [4.78, 5) is 18.7. The summed E-state index contributed by atoms with van der Waals surface area (Å²) in [5.74, 6) is 6.94. The molecule has 0 saturated heterocycles. The predicted molar refractivity (Wildman–Crippen MR) is 326 cm³/mol. The second-order valence-corrected chi connectivity index (χ2v) is 32.6. The number of fused-ring (bicyclic) bond motifs is 8. The van der Waals surface area contributed by atoms with Crippen molar-refractivity contribution < 1.29 is 18.9 Å². The Balaban J connectivity index is 1.54. The highest BCUT2D eigenvalue weighted by Gasteiger charge is 2.42. The van der Waals surface area contributed by atoms with Crippen LogP contribution in [0.25, 0.3) is 68.6 Å². The molecule has 0 atom stereocenters. The normalized spacial score (nSPS) is 13.2. The monoisotopic (exact) mass is 1040 g/mol. The van der Waals surface area contributed by atoms with Gasteiger partial charge in [-0.3, -0.25) is 0 Å². The lowest BCUT2D eigenvalue weighted by molar-refractivity contribution is 0.233. The van der Waals surface area contributed by atoms with Crippen LogP contribution in [0.3, 0.4) is 0 Å². The summed E-state index contributed by atoms with van der Waals surface area (Å²) in [6.45, 7) is 43.5. The average molecular weight is 1040 g/mol. The van der Waals surface area contributed by atoms with Gasteiger partial charge in [0.05, 0.1) is 60.3 Å². The van der Waals surface area contributed by atoms with E-state index in [0.717, 1.165) is 121 Å². The molecule has 0 spiro atoms. The van der Waals surface area contributed by atoms with Crippen molar-refractivity contribution in [3.05, 3.63) is 95.1 Å². The Kier molecular flexibility index (Phi) is 17.7. The van der Waals surface area contributed by atoms with E-state index in [9.17, 15) is 0 Å². The van der Waals surface area contributed by atoms with E-state index in [1.807, 2.05) is 12.1 Å². The van der Waals surface area contributed by atoms with Crippen molar-refractivity contribution >= 4 is 54.4 Å². The van der Waals surface area contributed by atoms with Gasteiger partial charge < -0.3 is 28.9 Å². The Morgan fingerprint density at radius 3 is 1.26 bits per heavy atom. The van der Waals surface area contributed by atoms with Crippen molar-refractivity contribution in [2.75, 3.05) is 26.4 Å². The van der Waals surface area contributed by atoms with E-state index in [1.54, 1.807) is 0 Å². The van der Waals surface area contributed by atoms with Crippen LogP contribution in [0, 0.1) is 33.1 Å². The second kappa shape index (κ2) is 23.3. The molecule has 0 saturated carbocycles. The molecule has 0 fully saturated rings. The van der Waals surface area contributed by atoms with Crippen molar-refractivity contribution in [2.24, 2.45) is 21.7 Å². The minimum Gasteiger partial charge on any atom is -0.493 e. The molecule has 7 rings (SSSR count). The molecule has 9 heteroatoms. The van der Waals surface area contributed by atoms with Gasteiger partial charge in [-0.2, -0.15) is 0 Å². The van der Waals surface area contributed by atoms with Gasteiger partial charge in [0.1, 0.15) is 31.1 Å². The fraction of sp³-hybridized carbons (Fsp3) is 0.493. The van der Waals surface area contributed by atoms with Crippen LogP contribution < -0.4 is 18.9 Å². The fourth-order valence-corrected chi connectivity index (χ4v) is 15.4. The molecule has 0 unspecified atom stereocenters. The maximum atomic E-state index is 6.57. The zero-order chi connectivity index (χ0) is 55.4. The third-order valence-corrected chi connectivity index (χ3v) is 21.0. The van der Waals surface area contributed by atoms with E-state index in [2.05, 4.69) is 225 Å². The van der Waals surface area contributed by atoms with Crippen LogP contribution in [0.15, 0.2) is 66.7 Å². The van der Waals surface area contributed by atoms with Crippen molar-refractivity contribution in [1.82, 2.24) is 19.9 Å². The summed E-state index contributed by atoms with van der Waals surface area (Å²) in [7, 11) is -2.20. The van der Waals surface area contributed by atoms with Gasteiger partial charge >= 0.3 is 0 Å². The number of ether oxygens (including phenoxy) is 4. The lowest BCUT2D eigenvalue weighted by atomic mass is 9.93. The molecule has 406 valence electrons. The second-order valence-electron chi connectivity index (χ2n) is 27.0. The highest BCUT2D eigenvalue weighted by Crippen LogP contribution is 2.42. The van der Waals surface area contributed by atoms with Crippen LogP contribution in [-0.4, -0.2) is 54.4 Å². The largest absolute Gasteiger partial charge is 0.493 e. The van der Waals surface area contributed by atoms with Gasteiger partial charge in [-0.05, 0) is 154 Å². The van der Waals surface area contributed by atoms with Crippen LogP contribution in [0.5, 0.6) is 23.0 Å². The lowest BCUT2D eigenvalue weighted by Crippen LogP contribution is -2.43. The van der Waals surface area contributed by atoms with Crippen LogP contribution in [-0.2, 0) is 0 Å². The first-order valence-corrected chi connectivity index (χ1v) is 30.3. The van der Waals surface area contributed by atoms with Gasteiger partial charge in [-0.1, -0.05) is 131 Å². The number of hydrogen-bond acceptors (Lipinski definition) is 6. The van der Waals surface area contributed by atoms with Crippen LogP contribution in [0.4, 0.5) is 0 Å². The van der Waals surface area contributed by atoms with Crippen LogP contribution >= 0.6 is 0 Å². The number of nitrogens with one attached hydrogen (secondary N) is 2. The molecule has 5 aromatic rings. The summed E-state index contributed by atoms with van der Waals surface area (Å²) in [5, 5.41) is 0. The topological polar surface area (TPSA) is 94.3 Å². The number of H-pyrrole nitrogens is 2. The molecule has 2 N–H and O–H groups in total. The molecular formula is C67H90N4O4Si. The molecule has 0 aliphatic carbocycles.